The molecule has 0 aliphatic rings. The number of ether oxygens (including phenoxy) is 1. The van der Waals surface area contributed by atoms with E-state index < -0.39 is 5.82 Å². The number of aromatic nitrogens is 2. The van der Waals surface area contributed by atoms with Crippen LogP contribution in [-0.2, 0) is 0 Å². The maximum atomic E-state index is 13.8. The van der Waals surface area contributed by atoms with E-state index in [2.05, 4.69) is 15.3 Å². The van der Waals surface area contributed by atoms with Gasteiger partial charge in [-0.1, -0.05) is 12.1 Å². The van der Waals surface area contributed by atoms with E-state index in [-0.39, 0.29) is 17.5 Å². The molecule has 5 nitrogen and oxygen atoms in total. The quantitative estimate of drug-likeness (QED) is 0.769. The second-order valence-electron chi connectivity index (χ2n) is 5.19. The Morgan fingerprint density at radius 3 is 2.78 bits per heavy atom. The Morgan fingerprint density at radius 1 is 1.22 bits per heavy atom. The largest absolute Gasteiger partial charge is 0.508 e. The molecule has 0 aliphatic carbocycles. The van der Waals surface area contributed by atoms with Gasteiger partial charge in [-0.15, -0.1) is 0 Å². The van der Waals surface area contributed by atoms with Crippen LogP contribution in [0.15, 0.2) is 42.7 Å². The molecule has 0 spiro atoms. The first-order chi connectivity index (χ1) is 11.1. The van der Waals surface area contributed by atoms with Gasteiger partial charge >= 0.3 is 0 Å². The van der Waals surface area contributed by atoms with Crippen LogP contribution >= 0.6 is 0 Å². The Labute approximate surface area is 132 Å². The number of anilines is 1. The lowest BCUT2D eigenvalue weighted by atomic mass is 10.1. The van der Waals surface area contributed by atoms with E-state index >= 15 is 0 Å². The van der Waals surface area contributed by atoms with Crippen LogP contribution in [0.4, 0.5) is 10.2 Å². The number of hydrogen-bond donors (Lipinski definition) is 2. The van der Waals surface area contributed by atoms with Gasteiger partial charge < -0.3 is 15.2 Å². The number of nitrogens with one attached hydrogen (secondary N) is 1. The molecule has 1 heterocycles. The predicted octanol–water partition coefficient (Wildman–Crippen LogP) is 3.66. The Hall–Kier alpha value is -2.89. The van der Waals surface area contributed by atoms with Gasteiger partial charge in [0.15, 0.2) is 11.6 Å². The second kappa shape index (κ2) is 6.08. The fourth-order valence-corrected chi connectivity index (χ4v) is 2.41. The molecule has 0 radical (unpaired) electrons. The molecule has 3 aromatic rings. The first kappa shape index (κ1) is 15.0. The summed E-state index contributed by atoms with van der Waals surface area (Å²) in [7, 11) is 1.41. The molecule has 2 N–H and O–H groups in total. The summed E-state index contributed by atoms with van der Waals surface area (Å²) in [5, 5.41) is 13.5. The van der Waals surface area contributed by atoms with E-state index in [1.807, 2.05) is 13.0 Å². The molecule has 2 aromatic carbocycles. The van der Waals surface area contributed by atoms with Crippen molar-refractivity contribution in [2.75, 3.05) is 12.4 Å². The van der Waals surface area contributed by atoms with Crippen LogP contribution in [0.5, 0.6) is 11.5 Å². The predicted molar refractivity (Wildman–Crippen MR) is 86.2 cm³/mol. The number of methoxy groups -OCH3 is 1. The lowest BCUT2D eigenvalue weighted by Gasteiger charge is -2.16. The summed E-state index contributed by atoms with van der Waals surface area (Å²) in [6, 6.07) is 9.77. The number of aromatic hydroxyl groups is 1. The van der Waals surface area contributed by atoms with Crippen LogP contribution in [0, 0.1) is 5.82 Å². The number of phenols is 1. The van der Waals surface area contributed by atoms with Gasteiger partial charge in [-0.2, -0.15) is 0 Å². The lowest BCUT2D eigenvalue weighted by molar-refractivity contribution is 0.387. The van der Waals surface area contributed by atoms with Gasteiger partial charge in [0, 0.05) is 11.5 Å². The number of nitrogens with zero attached hydrogens (tertiary/aromatic N) is 2. The molecule has 1 atom stereocenters. The van der Waals surface area contributed by atoms with Crippen LogP contribution in [0.1, 0.15) is 18.5 Å². The minimum Gasteiger partial charge on any atom is -0.508 e. The fraction of sp³-hybridized carbons (Fsp3) is 0.176. The topological polar surface area (TPSA) is 67.3 Å². The number of benzene rings is 2. The molecule has 1 aromatic heterocycles. The van der Waals surface area contributed by atoms with E-state index in [1.165, 1.54) is 19.5 Å². The van der Waals surface area contributed by atoms with E-state index in [9.17, 15) is 9.50 Å². The van der Waals surface area contributed by atoms with E-state index in [4.69, 9.17) is 4.74 Å². The summed E-state index contributed by atoms with van der Waals surface area (Å²) < 4.78 is 18.8. The summed E-state index contributed by atoms with van der Waals surface area (Å²) >= 11 is 0. The molecule has 0 unspecified atom stereocenters. The van der Waals surface area contributed by atoms with Gasteiger partial charge in [0.25, 0.3) is 0 Å². The summed E-state index contributed by atoms with van der Waals surface area (Å²) in [5.41, 5.74) is 1.40. The molecule has 6 heteroatoms. The highest BCUT2D eigenvalue weighted by atomic mass is 19.1. The Kier molecular flexibility index (Phi) is 3.97. The molecule has 0 saturated carbocycles. The van der Waals surface area contributed by atoms with Crippen molar-refractivity contribution in [3.63, 3.8) is 0 Å². The number of halogens is 1. The summed E-state index contributed by atoms with van der Waals surface area (Å²) in [6.45, 7) is 1.95. The zero-order valence-electron chi connectivity index (χ0n) is 12.7. The van der Waals surface area contributed by atoms with Gasteiger partial charge in [0.2, 0.25) is 0 Å². The lowest BCUT2D eigenvalue weighted by Crippen LogP contribution is -2.08. The van der Waals surface area contributed by atoms with Crippen molar-refractivity contribution in [2.24, 2.45) is 0 Å². The minimum atomic E-state index is -0.467. The van der Waals surface area contributed by atoms with Crippen LogP contribution in [0.3, 0.4) is 0 Å². The number of hydrogen-bond acceptors (Lipinski definition) is 5. The van der Waals surface area contributed by atoms with Crippen LogP contribution < -0.4 is 10.1 Å². The minimum absolute atomic E-state index is 0.101. The molecule has 0 bridgehead atoms. The van der Waals surface area contributed by atoms with Crippen molar-refractivity contribution in [1.82, 2.24) is 9.97 Å². The second-order valence-corrected chi connectivity index (χ2v) is 5.19. The summed E-state index contributed by atoms with van der Waals surface area (Å²) in [4.78, 5) is 8.32. The highest BCUT2D eigenvalue weighted by molar-refractivity contribution is 5.90. The molecule has 3 rings (SSSR count). The van der Waals surface area contributed by atoms with Crippen LogP contribution in [0.25, 0.3) is 10.9 Å². The maximum absolute atomic E-state index is 13.8. The van der Waals surface area contributed by atoms with Crippen molar-refractivity contribution in [3.8, 4) is 11.5 Å². The maximum Gasteiger partial charge on any atom is 0.167 e. The number of rotatable bonds is 4. The molecular weight excluding hydrogens is 297 g/mol. The van der Waals surface area contributed by atoms with Crippen molar-refractivity contribution in [2.45, 2.75) is 13.0 Å². The Bertz CT molecular complexity index is 854. The first-order valence-corrected chi connectivity index (χ1v) is 7.12. The third kappa shape index (κ3) is 3.01. The Morgan fingerprint density at radius 2 is 2.04 bits per heavy atom. The zero-order chi connectivity index (χ0) is 16.4. The molecule has 118 valence electrons. The third-order valence-corrected chi connectivity index (χ3v) is 3.63. The zero-order valence-corrected chi connectivity index (χ0v) is 12.7. The molecule has 0 fully saturated rings. The van der Waals surface area contributed by atoms with E-state index in [0.29, 0.717) is 16.7 Å². The smallest absolute Gasteiger partial charge is 0.167 e. The third-order valence-electron chi connectivity index (χ3n) is 3.63. The molecular formula is C17H16FN3O2. The van der Waals surface area contributed by atoms with Crippen molar-refractivity contribution in [1.29, 1.82) is 0 Å². The van der Waals surface area contributed by atoms with Gasteiger partial charge in [-0.25, -0.2) is 14.4 Å². The first-order valence-electron chi connectivity index (χ1n) is 7.12. The van der Waals surface area contributed by atoms with Gasteiger partial charge in [-0.3, -0.25) is 0 Å². The number of fused-ring (bicyclic) bond motifs is 1. The van der Waals surface area contributed by atoms with Gasteiger partial charge in [-0.05, 0) is 30.7 Å². The fourth-order valence-electron chi connectivity index (χ4n) is 2.41. The van der Waals surface area contributed by atoms with Crippen molar-refractivity contribution < 1.29 is 14.2 Å². The van der Waals surface area contributed by atoms with Gasteiger partial charge in [0.1, 0.15) is 17.9 Å². The number of phenolic OH excluding ortho intramolecular Hbond substituents is 1. The molecule has 23 heavy (non-hydrogen) atoms. The van der Waals surface area contributed by atoms with Crippen molar-refractivity contribution >= 4 is 16.7 Å². The highest BCUT2D eigenvalue weighted by Crippen LogP contribution is 2.29. The Balaban J connectivity index is 1.99. The monoisotopic (exact) mass is 313 g/mol. The van der Waals surface area contributed by atoms with Crippen LogP contribution in [-0.4, -0.2) is 22.2 Å². The van der Waals surface area contributed by atoms with Gasteiger partial charge in [0.05, 0.1) is 18.7 Å². The summed E-state index contributed by atoms with van der Waals surface area (Å²) in [6.07, 6.45) is 1.38. The normalized spacial score (nSPS) is 12.1. The molecule has 0 aliphatic heterocycles. The molecule has 0 saturated heterocycles. The SMILES string of the molecule is COc1cc2c(N[C@H](C)c3cccc(O)c3)ncnc2cc1F. The van der Waals surface area contributed by atoms with Crippen molar-refractivity contribution in [3.05, 3.63) is 54.1 Å². The molecule has 0 amide bonds. The van der Waals surface area contributed by atoms with E-state index in [1.54, 1.807) is 24.3 Å². The highest BCUT2D eigenvalue weighted by Gasteiger charge is 2.13. The van der Waals surface area contributed by atoms with E-state index in [0.717, 1.165) is 5.56 Å². The van der Waals surface area contributed by atoms with Crippen LogP contribution in [0.2, 0.25) is 0 Å². The average molecular weight is 313 g/mol. The standard InChI is InChI=1S/C17H16FN3O2/c1-10(11-4-3-5-12(22)6-11)21-17-13-7-16(23-2)14(18)8-15(13)19-9-20-17/h3-10,22H,1-2H3,(H,19,20,21)/t10-/m1/s1. The summed E-state index contributed by atoms with van der Waals surface area (Å²) in [5.74, 6) is 0.447. The average Bonchev–Trinajstić information content (AvgIpc) is 2.54.